The number of hydrogen-bond donors (Lipinski definition) is 2. The van der Waals surface area contributed by atoms with Gasteiger partial charge in [-0.3, -0.25) is 4.79 Å². The van der Waals surface area contributed by atoms with Crippen LogP contribution in [-0.4, -0.2) is 36.1 Å². The fourth-order valence-corrected chi connectivity index (χ4v) is 1.71. The van der Waals surface area contributed by atoms with E-state index in [2.05, 4.69) is 5.32 Å². The number of hydrogen-bond acceptors (Lipinski definition) is 3. The van der Waals surface area contributed by atoms with E-state index in [-0.39, 0.29) is 12.5 Å². The van der Waals surface area contributed by atoms with Gasteiger partial charge in [0.05, 0.1) is 0 Å². The third kappa shape index (κ3) is 4.08. The van der Waals surface area contributed by atoms with Crippen LogP contribution in [0.5, 0.6) is 0 Å². The Hall–Kier alpha value is -2.04. The summed E-state index contributed by atoms with van der Waals surface area (Å²) in [6.07, 6.45) is 0. The van der Waals surface area contributed by atoms with Crippen LogP contribution in [0.15, 0.2) is 30.3 Å². The van der Waals surface area contributed by atoms with Crippen LogP contribution in [-0.2, 0) is 9.59 Å². The van der Waals surface area contributed by atoms with Crippen molar-refractivity contribution in [1.29, 1.82) is 0 Å². The number of likely N-dealkylation sites (N-methyl/N-ethyl adjacent to an activating group) is 1. The van der Waals surface area contributed by atoms with Crippen molar-refractivity contribution in [2.24, 2.45) is 0 Å². The van der Waals surface area contributed by atoms with Crippen molar-refractivity contribution >= 4 is 17.6 Å². The number of nitrogens with one attached hydrogen (secondary N) is 1. The summed E-state index contributed by atoms with van der Waals surface area (Å²) in [5.41, 5.74) is 0.941. The molecule has 0 radical (unpaired) electrons. The highest BCUT2D eigenvalue weighted by Crippen LogP contribution is 2.13. The molecule has 0 aliphatic carbocycles. The minimum absolute atomic E-state index is 0.245. The molecule has 2 N–H and O–H groups in total. The second-order valence-corrected chi connectivity index (χ2v) is 3.97. The molecule has 0 bridgehead atoms. The van der Waals surface area contributed by atoms with E-state index in [0.29, 0.717) is 6.54 Å². The number of rotatable bonds is 6. The molecule has 1 atom stereocenters. The van der Waals surface area contributed by atoms with Crippen molar-refractivity contribution in [3.05, 3.63) is 30.3 Å². The molecule has 0 aliphatic heterocycles. The van der Waals surface area contributed by atoms with Gasteiger partial charge in [-0.15, -0.1) is 0 Å². The lowest BCUT2D eigenvalue weighted by atomic mass is 10.2. The second kappa shape index (κ2) is 6.64. The molecule has 0 fully saturated rings. The molecule has 0 saturated carbocycles. The minimum Gasteiger partial charge on any atom is -0.480 e. The number of carbonyl (C=O) groups excluding carboxylic acids is 1. The Kier molecular flexibility index (Phi) is 5.17. The van der Waals surface area contributed by atoms with E-state index < -0.39 is 12.0 Å². The van der Waals surface area contributed by atoms with Crippen molar-refractivity contribution < 1.29 is 14.7 Å². The summed E-state index contributed by atoms with van der Waals surface area (Å²) >= 11 is 0. The maximum Gasteiger partial charge on any atom is 0.328 e. The molecule has 1 unspecified atom stereocenters. The number of nitrogens with zero attached hydrogens (tertiary/aromatic N) is 1. The van der Waals surface area contributed by atoms with E-state index >= 15 is 0 Å². The SMILES string of the molecule is CCN(CC(NC(C)=O)C(=O)O)c1ccccc1. The first-order valence-corrected chi connectivity index (χ1v) is 5.84. The zero-order chi connectivity index (χ0) is 13.5. The predicted molar refractivity (Wildman–Crippen MR) is 69.6 cm³/mol. The Balaban J connectivity index is 2.77. The standard InChI is InChI=1S/C13H18N2O3/c1-3-15(11-7-5-4-6-8-11)9-12(13(17)18)14-10(2)16/h4-8,12H,3,9H2,1-2H3,(H,14,16)(H,17,18). The Bertz CT molecular complexity index is 406. The van der Waals surface area contributed by atoms with Crippen LogP contribution in [0.2, 0.25) is 0 Å². The molecule has 5 heteroatoms. The number of carbonyl (C=O) groups is 2. The lowest BCUT2D eigenvalue weighted by molar-refractivity contribution is -0.141. The molecule has 5 nitrogen and oxygen atoms in total. The fourth-order valence-electron chi connectivity index (χ4n) is 1.71. The Morgan fingerprint density at radius 2 is 1.94 bits per heavy atom. The van der Waals surface area contributed by atoms with Gasteiger partial charge in [0.15, 0.2) is 0 Å². The highest BCUT2D eigenvalue weighted by Gasteiger charge is 2.21. The fraction of sp³-hybridized carbons (Fsp3) is 0.385. The molecule has 1 aromatic rings. The third-order valence-electron chi connectivity index (χ3n) is 2.58. The van der Waals surface area contributed by atoms with Gasteiger partial charge in [-0.1, -0.05) is 18.2 Å². The Morgan fingerprint density at radius 1 is 1.33 bits per heavy atom. The highest BCUT2D eigenvalue weighted by molar-refractivity contribution is 5.82. The van der Waals surface area contributed by atoms with Crippen LogP contribution in [0.4, 0.5) is 5.69 Å². The average Bonchev–Trinajstić information content (AvgIpc) is 2.34. The number of aliphatic carboxylic acids is 1. The number of carboxylic acid groups (broad SMARTS) is 1. The van der Waals surface area contributed by atoms with Crippen molar-refractivity contribution in [3.63, 3.8) is 0 Å². The van der Waals surface area contributed by atoms with E-state index in [0.717, 1.165) is 5.69 Å². The van der Waals surface area contributed by atoms with Crippen LogP contribution in [0.3, 0.4) is 0 Å². The lowest BCUT2D eigenvalue weighted by Crippen LogP contribution is -2.48. The number of carboxylic acids is 1. The number of para-hydroxylation sites is 1. The average molecular weight is 250 g/mol. The number of benzene rings is 1. The van der Waals surface area contributed by atoms with E-state index in [1.807, 2.05) is 42.2 Å². The topological polar surface area (TPSA) is 69.6 Å². The summed E-state index contributed by atoms with van der Waals surface area (Å²) in [5.74, 6) is -1.37. The molecule has 1 amide bonds. The summed E-state index contributed by atoms with van der Waals surface area (Å²) in [6.45, 7) is 4.18. The van der Waals surface area contributed by atoms with Gasteiger partial charge < -0.3 is 15.3 Å². The van der Waals surface area contributed by atoms with Crippen LogP contribution in [0, 0.1) is 0 Å². The van der Waals surface area contributed by atoms with Gasteiger partial charge in [0, 0.05) is 25.7 Å². The van der Waals surface area contributed by atoms with Gasteiger partial charge in [0.1, 0.15) is 6.04 Å². The molecule has 1 aromatic carbocycles. The first kappa shape index (κ1) is 14.0. The van der Waals surface area contributed by atoms with Gasteiger partial charge in [0.25, 0.3) is 0 Å². The molecule has 0 heterocycles. The molecule has 0 spiro atoms. The molecule has 0 aromatic heterocycles. The number of amides is 1. The summed E-state index contributed by atoms with van der Waals surface area (Å²) in [6, 6.07) is 8.62. The first-order chi connectivity index (χ1) is 8.54. The molecule has 1 rings (SSSR count). The second-order valence-electron chi connectivity index (χ2n) is 3.97. The van der Waals surface area contributed by atoms with Crippen molar-refractivity contribution in [2.75, 3.05) is 18.0 Å². The summed E-state index contributed by atoms with van der Waals surface area (Å²) in [4.78, 5) is 24.0. The van der Waals surface area contributed by atoms with Gasteiger partial charge in [-0.25, -0.2) is 4.79 Å². The van der Waals surface area contributed by atoms with Crippen LogP contribution in [0.1, 0.15) is 13.8 Å². The van der Waals surface area contributed by atoms with Crippen LogP contribution in [0.25, 0.3) is 0 Å². The van der Waals surface area contributed by atoms with Crippen molar-refractivity contribution in [2.45, 2.75) is 19.9 Å². The van der Waals surface area contributed by atoms with Crippen LogP contribution < -0.4 is 10.2 Å². The summed E-state index contributed by atoms with van der Waals surface area (Å²) in [5, 5.41) is 11.5. The van der Waals surface area contributed by atoms with Crippen LogP contribution >= 0.6 is 0 Å². The Labute approximate surface area is 106 Å². The minimum atomic E-state index is -1.03. The first-order valence-electron chi connectivity index (χ1n) is 5.84. The highest BCUT2D eigenvalue weighted by atomic mass is 16.4. The zero-order valence-electron chi connectivity index (χ0n) is 10.6. The van der Waals surface area contributed by atoms with E-state index in [9.17, 15) is 9.59 Å². The monoisotopic (exact) mass is 250 g/mol. The van der Waals surface area contributed by atoms with Gasteiger partial charge in [-0.2, -0.15) is 0 Å². The smallest absolute Gasteiger partial charge is 0.328 e. The van der Waals surface area contributed by atoms with Gasteiger partial charge in [0.2, 0.25) is 5.91 Å². The quantitative estimate of drug-likeness (QED) is 0.793. The van der Waals surface area contributed by atoms with E-state index in [1.54, 1.807) is 0 Å². The largest absolute Gasteiger partial charge is 0.480 e. The molecular weight excluding hydrogens is 232 g/mol. The molecule has 0 saturated heterocycles. The third-order valence-corrected chi connectivity index (χ3v) is 2.58. The van der Waals surface area contributed by atoms with E-state index in [4.69, 9.17) is 5.11 Å². The van der Waals surface area contributed by atoms with Gasteiger partial charge >= 0.3 is 5.97 Å². The summed E-state index contributed by atoms with van der Waals surface area (Å²) < 4.78 is 0. The van der Waals surface area contributed by atoms with Gasteiger partial charge in [-0.05, 0) is 19.1 Å². The molecule has 98 valence electrons. The van der Waals surface area contributed by atoms with Crippen molar-refractivity contribution in [3.8, 4) is 0 Å². The maximum absolute atomic E-state index is 11.1. The predicted octanol–water partition coefficient (Wildman–Crippen LogP) is 1.10. The Morgan fingerprint density at radius 3 is 2.39 bits per heavy atom. The molecular formula is C13H18N2O3. The van der Waals surface area contributed by atoms with E-state index in [1.165, 1.54) is 6.92 Å². The maximum atomic E-state index is 11.1. The number of anilines is 1. The molecule has 0 aliphatic rings. The summed E-state index contributed by atoms with van der Waals surface area (Å²) in [7, 11) is 0. The zero-order valence-corrected chi connectivity index (χ0v) is 10.6. The molecule has 18 heavy (non-hydrogen) atoms. The lowest BCUT2D eigenvalue weighted by Gasteiger charge is -2.26. The normalized spacial score (nSPS) is 11.7. The van der Waals surface area contributed by atoms with Crippen molar-refractivity contribution in [1.82, 2.24) is 5.32 Å².